The van der Waals surface area contributed by atoms with Gasteiger partial charge in [0, 0.05) is 11.1 Å². The van der Waals surface area contributed by atoms with Crippen LogP contribution in [0.25, 0.3) is 11.6 Å². The van der Waals surface area contributed by atoms with Crippen molar-refractivity contribution in [3.63, 3.8) is 0 Å². The molecule has 1 aliphatic heterocycles. The van der Waals surface area contributed by atoms with Gasteiger partial charge in [-0.05, 0) is 30.2 Å². The number of amides is 2. The van der Waals surface area contributed by atoms with Gasteiger partial charge in [-0.3, -0.25) is 14.5 Å². The molecule has 0 spiro atoms. The van der Waals surface area contributed by atoms with Crippen LogP contribution in [0, 0.1) is 6.92 Å². The molecule has 0 saturated heterocycles. The standard InChI is InChI=1S/C19H15NO4/c1-12-6-8-13(9-7-12)10-16-14-4-2-3-5-15(14)18(23)20(19(16)24)11-17(21)22/h2-10H,11H2,1H3,(H,21,22)/p-1/b16-10-. The number of hydrogen-bond donors (Lipinski definition) is 0. The van der Waals surface area contributed by atoms with Crippen molar-refractivity contribution in [3.05, 3.63) is 70.8 Å². The fraction of sp³-hybridized carbons (Fsp3) is 0.105. The number of carbonyl (C=O) groups is 3. The molecule has 0 atom stereocenters. The molecule has 0 radical (unpaired) electrons. The molecule has 0 N–H and O–H groups in total. The van der Waals surface area contributed by atoms with E-state index in [4.69, 9.17) is 0 Å². The van der Waals surface area contributed by atoms with Gasteiger partial charge < -0.3 is 9.90 Å². The van der Waals surface area contributed by atoms with Gasteiger partial charge >= 0.3 is 0 Å². The van der Waals surface area contributed by atoms with E-state index in [0.29, 0.717) is 16.0 Å². The molecule has 2 aromatic rings. The number of aryl methyl sites for hydroxylation is 1. The van der Waals surface area contributed by atoms with E-state index < -0.39 is 24.3 Å². The van der Waals surface area contributed by atoms with Crippen LogP contribution in [0.5, 0.6) is 0 Å². The highest BCUT2D eigenvalue weighted by molar-refractivity contribution is 6.34. The first-order valence-electron chi connectivity index (χ1n) is 7.41. The predicted octanol–water partition coefficient (Wildman–Crippen LogP) is 1.27. The van der Waals surface area contributed by atoms with E-state index >= 15 is 0 Å². The second kappa shape index (κ2) is 6.12. The van der Waals surface area contributed by atoms with Crippen LogP contribution in [-0.4, -0.2) is 29.2 Å². The minimum Gasteiger partial charge on any atom is -0.548 e. The van der Waals surface area contributed by atoms with Gasteiger partial charge in [-0.1, -0.05) is 48.0 Å². The van der Waals surface area contributed by atoms with Gasteiger partial charge in [0.05, 0.1) is 12.5 Å². The van der Waals surface area contributed by atoms with Gasteiger partial charge in [0.15, 0.2) is 0 Å². The Bertz CT molecular complexity index is 865. The SMILES string of the molecule is Cc1ccc(/C=C2\C(=O)N(CC(=O)[O-])C(=O)c3ccccc32)cc1. The van der Waals surface area contributed by atoms with Crippen molar-refractivity contribution in [3.8, 4) is 0 Å². The van der Waals surface area contributed by atoms with E-state index in [0.717, 1.165) is 11.1 Å². The molecule has 0 unspecified atom stereocenters. The summed E-state index contributed by atoms with van der Waals surface area (Å²) in [4.78, 5) is 36.6. The zero-order valence-corrected chi connectivity index (χ0v) is 13.0. The minimum absolute atomic E-state index is 0.287. The van der Waals surface area contributed by atoms with E-state index in [-0.39, 0.29) is 5.57 Å². The first-order chi connectivity index (χ1) is 11.5. The molecule has 0 fully saturated rings. The summed E-state index contributed by atoms with van der Waals surface area (Å²) in [5.74, 6) is -2.74. The molecule has 0 aromatic heterocycles. The Labute approximate surface area is 138 Å². The van der Waals surface area contributed by atoms with E-state index in [9.17, 15) is 19.5 Å². The predicted molar refractivity (Wildman–Crippen MR) is 86.5 cm³/mol. The van der Waals surface area contributed by atoms with Gasteiger partial charge in [-0.15, -0.1) is 0 Å². The number of benzene rings is 2. The second-order valence-corrected chi connectivity index (χ2v) is 5.58. The van der Waals surface area contributed by atoms with Crippen LogP contribution in [0.4, 0.5) is 0 Å². The Morgan fingerprint density at radius 3 is 2.25 bits per heavy atom. The summed E-state index contributed by atoms with van der Waals surface area (Å²) in [7, 11) is 0. The third-order valence-electron chi connectivity index (χ3n) is 3.84. The molecule has 2 amide bonds. The highest BCUT2D eigenvalue weighted by atomic mass is 16.4. The summed E-state index contributed by atoms with van der Waals surface area (Å²) in [6.07, 6.45) is 1.66. The van der Waals surface area contributed by atoms with Crippen molar-refractivity contribution >= 4 is 29.4 Å². The molecule has 2 aromatic carbocycles. The lowest BCUT2D eigenvalue weighted by atomic mass is 9.92. The molecule has 0 aliphatic carbocycles. The molecule has 5 heteroatoms. The van der Waals surface area contributed by atoms with Gasteiger partial charge in [-0.2, -0.15) is 0 Å². The lowest BCUT2D eigenvalue weighted by Gasteiger charge is -2.28. The maximum atomic E-state index is 12.7. The summed E-state index contributed by atoms with van der Waals surface area (Å²) in [6.45, 7) is 1.19. The van der Waals surface area contributed by atoms with Crippen molar-refractivity contribution in [1.82, 2.24) is 4.90 Å². The highest BCUT2D eigenvalue weighted by Gasteiger charge is 2.34. The maximum Gasteiger partial charge on any atom is 0.261 e. The van der Waals surface area contributed by atoms with Gasteiger partial charge in [0.25, 0.3) is 11.8 Å². The number of hydrogen-bond acceptors (Lipinski definition) is 4. The maximum absolute atomic E-state index is 12.7. The summed E-state index contributed by atoms with van der Waals surface area (Å²) in [5.41, 5.74) is 2.97. The average Bonchev–Trinajstić information content (AvgIpc) is 2.57. The lowest BCUT2D eigenvalue weighted by Crippen LogP contribution is -2.47. The van der Waals surface area contributed by atoms with Crippen molar-refractivity contribution in [2.75, 3.05) is 6.54 Å². The quantitative estimate of drug-likeness (QED) is 0.630. The molecule has 1 aliphatic rings. The number of fused-ring (bicyclic) bond motifs is 1. The van der Waals surface area contributed by atoms with Crippen molar-refractivity contribution in [2.24, 2.45) is 0 Å². The average molecular weight is 320 g/mol. The molecular formula is C19H14NO4-. The summed E-state index contributed by atoms with van der Waals surface area (Å²) < 4.78 is 0. The Hall–Kier alpha value is -3.21. The van der Waals surface area contributed by atoms with Crippen LogP contribution in [0.1, 0.15) is 27.0 Å². The Balaban J connectivity index is 2.14. The molecule has 1 heterocycles. The number of carbonyl (C=O) groups excluding carboxylic acids is 3. The Morgan fingerprint density at radius 1 is 1.00 bits per heavy atom. The smallest absolute Gasteiger partial charge is 0.261 e. The van der Waals surface area contributed by atoms with Crippen LogP contribution in [0.3, 0.4) is 0 Å². The monoisotopic (exact) mass is 320 g/mol. The molecule has 120 valence electrons. The van der Waals surface area contributed by atoms with E-state index in [1.165, 1.54) is 0 Å². The summed E-state index contributed by atoms with van der Waals surface area (Å²) >= 11 is 0. The minimum atomic E-state index is -1.48. The summed E-state index contributed by atoms with van der Waals surface area (Å²) in [6, 6.07) is 14.2. The Morgan fingerprint density at radius 2 is 1.62 bits per heavy atom. The molecule has 5 nitrogen and oxygen atoms in total. The first-order valence-corrected chi connectivity index (χ1v) is 7.41. The topological polar surface area (TPSA) is 77.5 Å². The first kappa shape index (κ1) is 15.7. The Kier molecular flexibility index (Phi) is 4.00. The fourth-order valence-corrected chi connectivity index (χ4v) is 2.64. The molecule has 0 saturated carbocycles. The number of aliphatic carboxylic acids is 1. The van der Waals surface area contributed by atoms with Crippen LogP contribution in [0.15, 0.2) is 48.5 Å². The van der Waals surface area contributed by atoms with E-state index in [2.05, 4.69) is 0 Å². The van der Waals surface area contributed by atoms with Crippen molar-refractivity contribution < 1.29 is 19.5 Å². The number of carboxylic acid groups (broad SMARTS) is 1. The van der Waals surface area contributed by atoms with Crippen molar-refractivity contribution in [2.45, 2.75) is 6.92 Å². The number of imide groups is 1. The molecular weight excluding hydrogens is 306 g/mol. The van der Waals surface area contributed by atoms with Crippen LogP contribution < -0.4 is 5.11 Å². The summed E-state index contributed by atoms with van der Waals surface area (Å²) in [5, 5.41) is 10.9. The fourth-order valence-electron chi connectivity index (χ4n) is 2.64. The number of carboxylic acids is 1. The zero-order valence-electron chi connectivity index (χ0n) is 13.0. The molecule has 0 bridgehead atoms. The zero-order chi connectivity index (χ0) is 17.3. The third kappa shape index (κ3) is 2.84. The van der Waals surface area contributed by atoms with Gasteiger partial charge in [-0.25, -0.2) is 0 Å². The largest absolute Gasteiger partial charge is 0.548 e. The van der Waals surface area contributed by atoms with Gasteiger partial charge in [0.2, 0.25) is 0 Å². The third-order valence-corrected chi connectivity index (χ3v) is 3.84. The molecule has 3 rings (SSSR count). The van der Waals surface area contributed by atoms with Gasteiger partial charge in [0.1, 0.15) is 0 Å². The van der Waals surface area contributed by atoms with E-state index in [1.807, 2.05) is 31.2 Å². The van der Waals surface area contributed by atoms with E-state index in [1.54, 1.807) is 30.3 Å². The van der Waals surface area contributed by atoms with Crippen LogP contribution in [0.2, 0.25) is 0 Å². The lowest BCUT2D eigenvalue weighted by molar-refractivity contribution is -0.305. The highest BCUT2D eigenvalue weighted by Crippen LogP contribution is 2.30. The normalized spacial score (nSPS) is 15.5. The molecule has 24 heavy (non-hydrogen) atoms. The van der Waals surface area contributed by atoms with Crippen molar-refractivity contribution in [1.29, 1.82) is 0 Å². The van der Waals surface area contributed by atoms with Crippen LogP contribution in [-0.2, 0) is 9.59 Å². The number of nitrogens with zero attached hydrogens (tertiary/aromatic N) is 1. The number of rotatable bonds is 3. The van der Waals surface area contributed by atoms with Crippen LogP contribution >= 0.6 is 0 Å². The second-order valence-electron chi connectivity index (χ2n) is 5.58.